The molecule has 3 atom stereocenters. The van der Waals surface area contributed by atoms with Crippen molar-refractivity contribution < 1.29 is 14.4 Å². The molecule has 4 rings (SSSR count). The predicted octanol–water partition coefficient (Wildman–Crippen LogP) is 4.25. The average Bonchev–Trinajstić information content (AvgIpc) is 3.36. The smallest absolute Gasteiger partial charge is 0.243 e. The predicted molar refractivity (Wildman–Crippen MR) is 165 cm³/mol. The summed E-state index contributed by atoms with van der Waals surface area (Å²) in [7, 11) is 0. The average molecular weight is 608 g/mol. The monoisotopic (exact) mass is 607 g/mol. The number of amides is 3. The number of carbonyl (C=O) groups excluding carboxylic acids is 3. The van der Waals surface area contributed by atoms with Crippen LogP contribution in [0.2, 0.25) is 5.02 Å². The highest BCUT2D eigenvalue weighted by atomic mass is 35.5. The van der Waals surface area contributed by atoms with Crippen molar-refractivity contribution in [3.63, 3.8) is 0 Å². The maximum absolute atomic E-state index is 13.7. The molecule has 8 nitrogen and oxygen atoms in total. The van der Waals surface area contributed by atoms with Gasteiger partial charge in [-0.15, -0.1) is 11.3 Å². The SMILES string of the molecule is CCC(=O)N[C@@H](Cc1nc2ccc(Cl)cc2s1)C(=O)NC(CNC(=O)C(C)CN1CCSCC1)C1CCCCC1. The van der Waals surface area contributed by atoms with Gasteiger partial charge in [0.05, 0.1) is 15.2 Å². The van der Waals surface area contributed by atoms with Crippen molar-refractivity contribution in [1.82, 2.24) is 25.8 Å². The highest BCUT2D eigenvalue weighted by Crippen LogP contribution is 2.28. The Morgan fingerprint density at radius 2 is 1.85 bits per heavy atom. The molecule has 0 bridgehead atoms. The summed E-state index contributed by atoms with van der Waals surface area (Å²) in [5.41, 5.74) is 0.825. The van der Waals surface area contributed by atoms with Crippen LogP contribution in [-0.2, 0) is 20.8 Å². The first-order chi connectivity index (χ1) is 19.3. The molecule has 40 heavy (non-hydrogen) atoms. The Bertz CT molecular complexity index is 1150. The highest BCUT2D eigenvalue weighted by Gasteiger charge is 2.30. The Balaban J connectivity index is 1.42. The molecular formula is C29H42ClN5O3S2. The van der Waals surface area contributed by atoms with E-state index in [1.54, 1.807) is 13.0 Å². The van der Waals surface area contributed by atoms with Gasteiger partial charge in [0, 0.05) is 67.5 Å². The molecule has 1 saturated heterocycles. The van der Waals surface area contributed by atoms with Gasteiger partial charge >= 0.3 is 0 Å². The number of hydrogen-bond donors (Lipinski definition) is 3. The third-order valence-electron chi connectivity index (χ3n) is 7.87. The Hall–Kier alpha value is -1.88. The maximum atomic E-state index is 13.7. The molecule has 2 heterocycles. The Kier molecular flexibility index (Phi) is 11.9. The second-order valence-corrected chi connectivity index (χ2v) is 13.7. The van der Waals surface area contributed by atoms with Crippen LogP contribution in [-0.4, -0.2) is 77.4 Å². The van der Waals surface area contributed by atoms with Crippen LogP contribution >= 0.6 is 34.7 Å². The van der Waals surface area contributed by atoms with Crippen molar-refractivity contribution in [3.8, 4) is 0 Å². The minimum absolute atomic E-state index is 0.0252. The summed E-state index contributed by atoms with van der Waals surface area (Å²) >= 11 is 9.59. The molecule has 3 amide bonds. The first-order valence-corrected chi connectivity index (χ1v) is 16.9. The third-order valence-corrected chi connectivity index (χ3v) is 10.1. The number of nitrogens with zero attached hydrogens (tertiary/aromatic N) is 2. The van der Waals surface area contributed by atoms with E-state index in [2.05, 4.69) is 25.8 Å². The number of halogens is 1. The van der Waals surface area contributed by atoms with Gasteiger partial charge in [0.25, 0.3) is 0 Å². The molecule has 2 fully saturated rings. The van der Waals surface area contributed by atoms with E-state index in [0.717, 1.165) is 72.0 Å². The summed E-state index contributed by atoms with van der Waals surface area (Å²) < 4.78 is 0.948. The zero-order valence-corrected chi connectivity index (χ0v) is 25.9. The van der Waals surface area contributed by atoms with Gasteiger partial charge in [-0.25, -0.2) is 4.98 Å². The summed E-state index contributed by atoms with van der Waals surface area (Å²) in [5.74, 6) is 2.01. The molecule has 1 aliphatic carbocycles. The van der Waals surface area contributed by atoms with E-state index in [1.165, 1.54) is 17.8 Å². The molecule has 3 N–H and O–H groups in total. The maximum Gasteiger partial charge on any atom is 0.243 e. The third kappa shape index (κ3) is 9.06. The largest absolute Gasteiger partial charge is 0.354 e. The number of aromatic nitrogens is 1. The topological polar surface area (TPSA) is 103 Å². The summed E-state index contributed by atoms with van der Waals surface area (Å²) in [6.07, 6.45) is 6.07. The number of thiazole rings is 1. The van der Waals surface area contributed by atoms with Gasteiger partial charge in [-0.05, 0) is 37.0 Å². The minimum Gasteiger partial charge on any atom is -0.354 e. The van der Waals surface area contributed by atoms with E-state index >= 15 is 0 Å². The van der Waals surface area contributed by atoms with Crippen molar-refractivity contribution >= 4 is 62.6 Å². The summed E-state index contributed by atoms with van der Waals surface area (Å²) in [4.78, 5) is 46.1. The lowest BCUT2D eigenvalue weighted by atomic mass is 9.83. The van der Waals surface area contributed by atoms with E-state index in [-0.39, 0.29) is 36.1 Å². The van der Waals surface area contributed by atoms with Crippen LogP contribution < -0.4 is 16.0 Å². The number of fused-ring (bicyclic) bond motifs is 1. The first-order valence-electron chi connectivity index (χ1n) is 14.5. The highest BCUT2D eigenvalue weighted by molar-refractivity contribution is 7.99. The van der Waals surface area contributed by atoms with E-state index < -0.39 is 6.04 Å². The van der Waals surface area contributed by atoms with Gasteiger partial charge in [-0.1, -0.05) is 44.7 Å². The van der Waals surface area contributed by atoms with Crippen molar-refractivity contribution in [2.24, 2.45) is 11.8 Å². The van der Waals surface area contributed by atoms with E-state index in [4.69, 9.17) is 11.6 Å². The fourth-order valence-electron chi connectivity index (χ4n) is 5.51. The van der Waals surface area contributed by atoms with Crippen LogP contribution in [0, 0.1) is 11.8 Å². The van der Waals surface area contributed by atoms with Crippen LogP contribution in [0.3, 0.4) is 0 Å². The Labute approximate surface area is 250 Å². The molecule has 1 aliphatic heterocycles. The van der Waals surface area contributed by atoms with Crippen LogP contribution in [0.1, 0.15) is 57.4 Å². The van der Waals surface area contributed by atoms with Gasteiger partial charge in [0.15, 0.2) is 0 Å². The summed E-state index contributed by atoms with van der Waals surface area (Å²) in [5, 5.41) is 10.7. The molecule has 11 heteroatoms. The fourth-order valence-corrected chi connectivity index (χ4v) is 7.78. The van der Waals surface area contributed by atoms with Gasteiger partial charge in [0.1, 0.15) is 6.04 Å². The normalized spacial score (nSPS) is 19.1. The Morgan fingerprint density at radius 3 is 2.58 bits per heavy atom. The zero-order chi connectivity index (χ0) is 28.5. The summed E-state index contributed by atoms with van der Waals surface area (Å²) in [6.45, 7) is 6.95. The quantitative estimate of drug-likeness (QED) is 0.333. The molecule has 2 aliphatic rings. The molecule has 0 radical (unpaired) electrons. The lowest BCUT2D eigenvalue weighted by molar-refractivity contribution is -0.130. The number of nitrogens with one attached hydrogen (secondary N) is 3. The van der Waals surface area contributed by atoms with E-state index in [1.807, 2.05) is 30.8 Å². The van der Waals surface area contributed by atoms with Crippen LogP contribution in [0.15, 0.2) is 18.2 Å². The molecule has 1 aromatic carbocycles. The lowest BCUT2D eigenvalue weighted by Gasteiger charge is -2.33. The fraction of sp³-hybridized carbons (Fsp3) is 0.655. The van der Waals surface area contributed by atoms with Gasteiger partial charge in [0.2, 0.25) is 17.7 Å². The second kappa shape index (κ2) is 15.4. The number of benzene rings is 1. The molecule has 2 unspecified atom stereocenters. The molecule has 1 aromatic heterocycles. The van der Waals surface area contributed by atoms with Crippen LogP contribution in [0.4, 0.5) is 0 Å². The van der Waals surface area contributed by atoms with Crippen LogP contribution in [0.5, 0.6) is 0 Å². The van der Waals surface area contributed by atoms with Gasteiger partial charge < -0.3 is 20.9 Å². The second-order valence-electron chi connectivity index (χ2n) is 11.0. The molecule has 220 valence electrons. The zero-order valence-electron chi connectivity index (χ0n) is 23.5. The van der Waals surface area contributed by atoms with Crippen molar-refractivity contribution in [3.05, 3.63) is 28.2 Å². The molecule has 2 aromatic rings. The molecule has 0 spiro atoms. The number of rotatable bonds is 12. The number of carbonyl (C=O) groups is 3. The first kappa shape index (κ1) is 31.1. The van der Waals surface area contributed by atoms with Gasteiger partial charge in [-0.2, -0.15) is 11.8 Å². The lowest BCUT2D eigenvalue weighted by Crippen LogP contribution is -2.55. The van der Waals surface area contributed by atoms with Crippen molar-refractivity contribution in [2.75, 3.05) is 37.7 Å². The summed E-state index contributed by atoms with van der Waals surface area (Å²) in [6, 6.07) is 4.59. The van der Waals surface area contributed by atoms with E-state index in [9.17, 15) is 14.4 Å². The number of thioether (sulfide) groups is 1. The molecular weight excluding hydrogens is 566 g/mol. The van der Waals surface area contributed by atoms with Crippen molar-refractivity contribution in [1.29, 1.82) is 0 Å². The standard InChI is InChI=1S/C29H42ClN5O3S2/c1-3-26(36)32-23(16-27-33-22-10-9-21(30)15-25(22)40-27)29(38)34-24(20-7-5-4-6-8-20)17-31-28(37)19(2)18-35-11-13-39-14-12-35/h9-10,15,19-20,23-24H,3-8,11-14,16-18H2,1-2H3,(H,31,37)(H,32,36)(H,34,38)/t19?,23-,24?/m0/s1. The molecule has 1 saturated carbocycles. The van der Waals surface area contributed by atoms with Crippen LogP contribution in [0.25, 0.3) is 10.2 Å². The number of hydrogen-bond acceptors (Lipinski definition) is 7. The van der Waals surface area contributed by atoms with Crippen molar-refractivity contribution in [2.45, 2.75) is 70.9 Å². The van der Waals surface area contributed by atoms with E-state index in [0.29, 0.717) is 23.9 Å². The Morgan fingerprint density at radius 1 is 1.10 bits per heavy atom. The minimum atomic E-state index is -0.749. The van der Waals surface area contributed by atoms with Gasteiger partial charge in [-0.3, -0.25) is 14.4 Å².